The molecule has 0 N–H and O–H groups in total. The molecule has 7 nitrogen and oxygen atoms in total. The molecule has 0 amide bonds. The molecule has 2 aliphatic heterocycles. The lowest BCUT2D eigenvalue weighted by Crippen LogP contribution is -2.67. The number of sulfone groups is 1. The molecule has 140 valence electrons. The Hall–Kier alpha value is -1.77. The number of ether oxygens (including phenoxy) is 1. The van der Waals surface area contributed by atoms with Gasteiger partial charge in [-0.25, -0.2) is 8.42 Å². The minimum atomic E-state index is -3.10. The van der Waals surface area contributed by atoms with Gasteiger partial charge in [-0.2, -0.15) is 0 Å². The summed E-state index contributed by atoms with van der Waals surface area (Å²) in [5.74, 6) is 1.05. The molecule has 0 saturated carbocycles. The average molecular weight is 377 g/mol. The third kappa shape index (κ3) is 3.17. The maximum absolute atomic E-state index is 12.7. The largest absolute Gasteiger partial charge is 0.375 e. The summed E-state index contributed by atoms with van der Waals surface area (Å²) < 4.78 is 35.6. The van der Waals surface area contributed by atoms with E-state index in [1.54, 1.807) is 6.20 Å². The van der Waals surface area contributed by atoms with E-state index < -0.39 is 14.6 Å². The van der Waals surface area contributed by atoms with E-state index in [-0.39, 0.29) is 11.7 Å². The zero-order valence-electron chi connectivity index (χ0n) is 14.8. The van der Waals surface area contributed by atoms with Crippen LogP contribution in [0.1, 0.15) is 23.6 Å². The van der Waals surface area contributed by atoms with Crippen molar-refractivity contribution in [3.05, 3.63) is 47.6 Å². The lowest BCUT2D eigenvalue weighted by Gasteiger charge is -2.49. The fourth-order valence-electron chi connectivity index (χ4n) is 4.04. The Kier molecular flexibility index (Phi) is 4.58. The fourth-order valence-corrected chi connectivity index (χ4v) is 6.49. The highest BCUT2D eigenvalue weighted by atomic mass is 32.2. The number of rotatable bonds is 6. The van der Waals surface area contributed by atoms with Gasteiger partial charge in [0.05, 0.1) is 30.4 Å². The Morgan fingerprint density at radius 1 is 1.35 bits per heavy atom. The van der Waals surface area contributed by atoms with Gasteiger partial charge < -0.3 is 9.26 Å². The number of aromatic nitrogens is 2. The van der Waals surface area contributed by atoms with Crippen LogP contribution in [0.5, 0.6) is 0 Å². The number of hydrogen-bond acceptors (Lipinski definition) is 7. The van der Waals surface area contributed by atoms with Crippen molar-refractivity contribution in [3.8, 4) is 0 Å². The average Bonchev–Trinajstić information content (AvgIpc) is 3.10. The van der Waals surface area contributed by atoms with Crippen LogP contribution >= 0.6 is 0 Å². The lowest BCUT2D eigenvalue weighted by molar-refractivity contribution is 0.0185. The summed E-state index contributed by atoms with van der Waals surface area (Å²) in [5, 5.41) is 3.99. The topological polar surface area (TPSA) is 85.5 Å². The van der Waals surface area contributed by atoms with Gasteiger partial charge in [0.15, 0.2) is 9.84 Å². The Bertz CT molecular complexity index is 860. The SMILES string of the molecule is Cc1cc(CN2CC3(C2)C(COCc2ccccn2)CCS3(=O)=O)no1. The van der Waals surface area contributed by atoms with Crippen LogP contribution in [0.2, 0.25) is 0 Å². The first kappa shape index (κ1) is 17.6. The molecular weight excluding hydrogens is 354 g/mol. The lowest BCUT2D eigenvalue weighted by atomic mass is 9.83. The number of likely N-dealkylation sites (tertiary alicyclic amines) is 1. The molecule has 2 aliphatic rings. The van der Waals surface area contributed by atoms with Crippen LogP contribution in [-0.2, 0) is 27.7 Å². The van der Waals surface area contributed by atoms with Crippen molar-refractivity contribution in [3.63, 3.8) is 0 Å². The van der Waals surface area contributed by atoms with Crippen molar-refractivity contribution in [2.45, 2.75) is 31.2 Å². The normalized spacial score (nSPS) is 24.0. The summed E-state index contributed by atoms with van der Waals surface area (Å²) in [6, 6.07) is 7.58. The Morgan fingerprint density at radius 3 is 2.88 bits per heavy atom. The van der Waals surface area contributed by atoms with Gasteiger partial charge in [-0.15, -0.1) is 0 Å². The zero-order chi connectivity index (χ0) is 18.2. The highest BCUT2D eigenvalue weighted by Crippen LogP contribution is 2.45. The van der Waals surface area contributed by atoms with Gasteiger partial charge in [0.25, 0.3) is 0 Å². The number of hydrogen-bond donors (Lipinski definition) is 0. The molecule has 1 spiro atoms. The number of nitrogens with zero attached hydrogens (tertiary/aromatic N) is 3. The first-order valence-electron chi connectivity index (χ1n) is 8.83. The summed E-state index contributed by atoms with van der Waals surface area (Å²) >= 11 is 0. The van der Waals surface area contributed by atoms with Crippen molar-refractivity contribution in [2.75, 3.05) is 25.4 Å². The Morgan fingerprint density at radius 2 is 2.19 bits per heavy atom. The van der Waals surface area contributed by atoms with Crippen LogP contribution in [-0.4, -0.2) is 53.7 Å². The molecular formula is C18H23N3O4S. The van der Waals surface area contributed by atoms with Gasteiger partial charge >= 0.3 is 0 Å². The number of aryl methyl sites for hydroxylation is 1. The molecule has 0 aromatic carbocycles. The van der Waals surface area contributed by atoms with E-state index in [1.165, 1.54) is 0 Å². The summed E-state index contributed by atoms with van der Waals surface area (Å²) in [7, 11) is -3.10. The van der Waals surface area contributed by atoms with Gasteiger partial charge in [0.1, 0.15) is 10.5 Å². The first-order valence-corrected chi connectivity index (χ1v) is 10.5. The second-order valence-electron chi connectivity index (χ2n) is 7.28. The van der Waals surface area contributed by atoms with E-state index in [0.717, 1.165) is 17.1 Å². The molecule has 0 radical (unpaired) electrons. The summed E-state index contributed by atoms with van der Waals surface area (Å²) in [6.07, 6.45) is 2.40. The smallest absolute Gasteiger partial charge is 0.158 e. The monoisotopic (exact) mass is 377 g/mol. The molecule has 2 aromatic heterocycles. The van der Waals surface area contributed by atoms with E-state index in [2.05, 4.69) is 15.0 Å². The Labute approximate surface area is 153 Å². The molecule has 2 saturated heterocycles. The molecule has 4 heterocycles. The molecule has 26 heavy (non-hydrogen) atoms. The van der Waals surface area contributed by atoms with Crippen LogP contribution in [0.25, 0.3) is 0 Å². The standard InChI is InChI=1S/C18H23N3O4S/c1-14-8-17(20-25-14)9-21-12-18(13-21)15(5-7-26(18,22)23)10-24-11-16-4-2-3-6-19-16/h2-4,6,8,15H,5,7,9-13H2,1H3. The van der Waals surface area contributed by atoms with Crippen molar-refractivity contribution in [2.24, 2.45) is 5.92 Å². The maximum Gasteiger partial charge on any atom is 0.158 e. The van der Waals surface area contributed by atoms with Gasteiger partial charge in [-0.1, -0.05) is 11.2 Å². The second-order valence-corrected chi connectivity index (χ2v) is 9.73. The molecule has 2 fully saturated rings. The van der Waals surface area contributed by atoms with Crippen LogP contribution in [0.3, 0.4) is 0 Å². The first-order chi connectivity index (χ1) is 12.5. The molecule has 0 bridgehead atoms. The van der Waals surface area contributed by atoms with Crippen molar-refractivity contribution >= 4 is 9.84 Å². The quantitative estimate of drug-likeness (QED) is 0.755. The minimum absolute atomic E-state index is 0.0338. The molecule has 1 unspecified atom stereocenters. The van der Waals surface area contributed by atoms with E-state index in [1.807, 2.05) is 31.2 Å². The van der Waals surface area contributed by atoms with Gasteiger partial charge in [-0.3, -0.25) is 9.88 Å². The molecule has 4 rings (SSSR count). The highest BCUT2D eigenvalue weighted by molar-refractivity contribution is 7.93. The van der Waals surface area contributed by atoms with Crippen molar-refractivity contribution in [1.82, 2.24) is 15.0 Å². The number of pyridine rings is 1. The third-order valence-corrected chi connectivity index (χ3v) is 8.04. The van der Waals surface area contributed by atoms with E-state index in [4.69, 9.17) is 9.26 Å². The third-order valence-electron chi connectivity index (χ3n) is 5.44. The van der Waals surface area contributed by atoms with Crippen LogP contribution < -0.4 is 0 Å². The van der Waals surface area contributed by atoms with E-state index >= 15 is 0 Å². The zero-order valence-corrected chi connectivity index (χ0v) is 15.6. The second kappa shape index (κ2) is 6.75. The van der Waals surface area contributed by atoms with Gasteiger partial charge in [0, 0.05) is 37.8 Å². The summed E-state index contributed by atoms with van der Waals surface area (Å²) in [6.45, 7) is 4.42. The molecule has 2 aromatic rings. The maximum atomic E-state index is 12.7. The van der Waals surface area contributed by atoms with Crippen molar-refractivity contribution < 1.29 is 17.7 Å². The van der Waals surface area contributed by atoms with Crippen LogP contribution in [0.4, 0.5) is 0 Å². The summed E-state index contributed by atoms with van der Waals surface area (Å²) in [4.78, 5) is 6.35. The van der Waals surface area contributed by atoms with E-state index in [9.17, 15) is 8.42 Å². The fraction of sp³-hybridized carbons (Fsp3) is 0.556. The minimum Gasteiger partial charge on any atom is -0.375 e. The molecule has 0 aliphatic carbocycles. The molecule has 1 atom stereocenters. The summed E-state index contributed by atoms with van der Waals surface area (Å²) in [5.41, 5.74) is 1.70. The van der Waals surface area contributed by atoms with Crippen molar-refractivity contribution in [1.29, 1.82) is 0 Å². The molecule has 8 heteroatoms. The highest BCUT2D eigenvalue weighted by Gasteiger charge is 2.61. The predicted octanol–water partition coefficient (Wildman–Crippen LogP) is 1.58. The van der Waals surface area contributed by atoms with Gasteiger partial charge in [-0.05, 0) is 25.5 Å². The van der Waals surface area contributed by atoms with Crippen LogP contribution in [0, 0.1) is 12.8 Å². The Balaban J connectivity index is 1.37. The van der Waals surface area contributed by atoms with E-state index in [0.29, 0.717) is 39.3 Å². The predicted molar refractivity (Wildman–Crippen MR) is 95.0 cm³/mol. The van der Waals surface area contributed by atoms with Gasteiger partial charge in [0.2, 0.25) is 0 Å². The van der Waals surface area contributed by atoms with Crippen LogP contribution in [0.15, 0.2) is 35.0 Å².